The molecule has 7 heteroatoms. The predicted molar refractivity (Wildman–Crippen MR) is 186 cm³/mol. The summed E-state index contributed by atoms with van der Waals surface area (Å²) in [6.07, 6.45) is 13.1. The number of hydrogen-bond donors (Lipinski definition) is 1. The molecule has 2 aromatic carbocycles. The third-order valence-electron chi connectivity index (χ3n) is 9.61. The Kier molecular flexibility index (Phi) is 12.7. The quantitative estimate of drug-likeness (QED) is 0.215. The Labute approximate surface area is 272 Å². The van der Waals surface area contributed by atoms with Crippen LogP contribution in [0.5, 0.6) is 5.75 Å². The van der Waals surface area contributed by atoms with Gasteiger partial charge in [-0.25, -0.2) is 0 Å². The molecule has 0 bridgehead atoms. The number of piperidine rings is 1. The molecular formula is C38H54N2O4Si. The van der Waals surface area contributed by atoms with Crippen molar-refractivity contribution in [2.24, 2.45) is 5.92 Å². The van der Waals surface area contributed by atoms with E-state index in [0.717, 1.165) is 62.1 Å². The number of ether oxygens (including phenoxy) is 1. The van der Waals surface area contributed by atoms with Gasteiger partial charge in [0.2, 0.25) is 11.8 Å². The molecule has 244 valence electrons. The van der Waals surface area contributed by atoms with E-state index in [1.165, 1.54) is 5.57 Å². The first-order chi connectivity index (χ1) is 21.5. The maximum Gasteiger partial charge on any atom is 0.222 e. The maximum atomic E-state index is 13.3. The molecule has 2 aliphatic rings. The molecule has 1 fully saturated rings. The van der Waals surface area contributed by atoms with Gasteiger partial charge in [-0.2, -0.15) is 0 Å². The van der Waals surface area contributed by atoms with Gasteiger partial charge < -0.3 is 19.4 Å². The number of amides is 2. The number of rotatable bonds is 14. The molecule has 45 heavy (non-hydrogen) atoms. The minimum absolute atomic E-state index is 0.0717. The highest BCUT2D eigenvalue weighted by Gasteiger charge is 2.37. The van der Waals surface area contributed by atoms with E-state index in [-0.39, 0.29) is 22.9 Å². The fraction of sp³-hybridized carbons (Fsp3) is 0.526. The van der Waals surface area contributed by atoms with Crippen LogP contribution in [0.3, 0.4) is 0 Å². The first kappa shape index (κ1) is 34.7. The number of likely N-dealkylation sites (tertiary alicyclic amines) is 1. The van der Waals surface area contributed by atoms with Gasteiger partial charge in [0.15, 0.2) is 8.32 Å². The van der Waals surface area contributed by atoms with E-state index in [0.29, 0.717) is 38.4 Å². The van der Waals surface area contributed by atoms with Gasteiger partial charge in [-0.3, -0.25) is 9.59 Å². The van der Waals surface area contributed by atoms with Gasteiger partial charge in [-0.05, 0) is 85.8 Å². The van der Waals surface area contributed by atoms with Crippen molar-refractivity contribution < 1.29 is 18.8 Å². The Morgan fingerprint density at radius 2 is 1.69 bits per heavy atom. The highest BCUT2D eigenvalue weighted by molar-refractivity contribution is 6.74. The lowest BCUT2D eigenvalue weighted by atomic mass is 9.92. The summed E-state index contributed by atoms with van der Waals surface area (Å²) in [5, 5.41) is 3.41. The summed E-state index contributed by atoms with van der Waals surface area (Å²) >= 11 is 0. The average molecular weight is 631 g/mol. The van der Waals surface area contributed by atoms with Crippen LogP contribution < -0.4 is 10.1 Å². The van der Waals surface area contributed by atoms with Crippen LogP contribution in [0.4, 0.5) is 0 Å². The lowest BCUT2D eigenvalue weighted by Gasteiger charge is -2.37. The molecule has 1 unspecified atom stereocenters. The SMILES string of the molecule is CC(C)(C)[Si](C)(C)OCC(Cc1ccc(OCc2ccccc2)cc1)NC(=O)CC1CCN(C(=O)CCC2=CCCC=C2)CC1. The molecule has 6 nitrogen and oxygen atoms in total. The van der Waals surface area contributed by atoms with Crippen LogP contribution in [-0.2, 0) is 27.0 Å². The Morgan fingerprint density at radius 3 is 2.33 bits per heavy atom. The van der Waals surface area contributed by atoms with Gasteiger partial charge in [0.05, 0.1) is 12.6 Å². The average Bonchev–Trinajstić information content (AvgIpc) is 3.03. The topological polar surface area (TPSA) is 67.9 Å². The van der Waals surface area contributed by atoms with Gasteiger partial charge in [0, 0.05) is 25.9 Å². The van der Waals surface area contributed by atoms with Crippen LogP contribution in [0.2, 0.25) is 18.1 Å². The van der Waals surface area contributed by atoms with Gasteiger partial charge >= 0.3 is 0 Å². The van der Waals surface area contributed by atoms with Crippen molar-refractivity contribution in [3.05, 3.63) is 89.5 Å². The van der Waals surface area contributed by atoms with Crippen LogP contribution in [0, 0.1) is 5.92 Å². The molecule has 0 saturated carbocycles. The summed E-state index contributed by atoms with van der Waals surface area (Å²) in [7, 11) is -1.98. The standard InChI is InChI=1S/C38H54N2O4Si/c1-38(2,3)45(4,5)44-29-34(26-31-16-19-35(20-17-31)43-28-33-14-10-7-11-15-33)39-36(41)27-32-22-24-40(25-23-32)37(42)21-18-30-12-8-6-9-13-30/h7-8,10-17,19-20,32,34H,6,9,18,21-29H2,1-5H3,(H,39,41). The normalized spacial score (nSPS) is 16.6. The molecule has 2 amide bonds. The highest BCUT2D eigenvalue weighted by Crippen LogP contribution is 2.36. The Hall–Kier alpha value is -3.16. The zero-order chi connectivity index (χ0) is 32.3. The third kappa shape index (κ3) is 11.3. The van der Waals surface area contributed by atoms with E-state index in [2.05, 4.69) is 81.7 Å². The predicted octanol–water partition coefficient (Wildman–Crippen LogP) is 8.00. The lowest BCUT2D eigenvalue weighted by Crippen LogP contribution is -2.47. The minimum atomic E-state index is -1.98. The van der Waals surface area contributed by atoms with E-state index in [1.54, 1.807) is 0 Å². The van der Waals surface area contributed by atoms with Crippen LogP contribution >= 0.6 is 0 Å². The summed E-state index contributed by atoms with van der Waals surface area (Å²) in [5.41, 5.74) is 3.55. The molecule has 0 aromatic heterocycles. The Morgan fingerprint density at radius 1 is 0.978 bits per heavy atom. The second kappa shape index (κ2) is 16.4. The van der Waals surface area contributed by atoms with E-state index in [9.17, 15) is 9.59 Å². The third-order valence-corrected chi connectivity index (χ3v) is 14.1. The highest BCUT2D eigenvalue weighted by atomic mass is 28.4. The maximum absolute atomic E-state index is 13.3. The van der Waals surface area contributed by atoms with Crippen molar-refractivity contribution >= 4 is 20.1 Å². The molecule has 1 atom stereocenters. The van der Waals surface area contributed by atoms with E-state index in [4.69, 9.17) is 9.16 Å². The Balaban J connectivity index is 1.28. The number of nitrogens with zero attached hydrogens (tertiary/aromatic N) is 1. The molecule has 1 aliphatic heterocycles. The van der Waals surface area contributed by atoms with Crippen LogP contribution in [0.25, 0.3) is 0 Å². The summed E-state index contributed by atoms with van der Waals surface area (Å²) < 4.78 is 12.6. The zero-order valence-electron chi connectivity index (χ0n) is 28.1. The smallest absolute Gasteiger partial charge is 0.222 e. The molecule has 1 aliphatic carbocycles. The zero-order valence-corrected chi connectivity index (χ0v) is 29.1. The number of allylic oxidation sites excluding steroid dienone is 4. The van der Waals surface area contributed by atoms with Gasteiger partial charge in [-0.1, -0.05) is 87.0 Å². The molecule has 2 aromatic rings. The Bertz CT molecular complexity index is 1290. The van der Waals surface area contributed by atoms with Gasteiger partial charge in [0.1, 0.15) is 12.4 Å². The van der Waals surface area contributed by atoms with Crippen molar-refractivity contribution in [3.63, 3.8) is 0 Å². The van der Waals surface area contributed by atoms with Crippen molar-refractivity contribution in [1.82, 2.24) is 10.2 Å². The fourth-order valence-corrected chi connectivity index (χ4v) is 6.67. The number of nitrogens with one attached hydrogen (secondary N) is 1. The summed E-state index contributed by atoms with van der Waals surface area (Å²) in [4.78, 5) is 28.1. The first-order valence-electron chi connectivity index (χ1n) is 16.8. The molecule has 0 spiro atoms. The van der Waals surface area contributed by atoms with Crippen molar-refractivity contribution in [1.29, 1.82) is 0 Å². The monoisotopic (exact) mass is 630 g/mol. The van der Waals surface area contributed by atoms with Gasteiger partial charge in [0.25, 0.3) is 0 Å². The van der Waals surface area contributed by atoms with E-state index >= 15 is 0 Å². The number of benzene rings is 2. The van der Waals surface area contributed by atoms with Crippen molar-refractivity contribution in [2.45, 2.75) is 103 Å². The van der Waals surface area contributed by atoms with Crippen molar-refractivity contribution in [3.8, 4) is 5.75 Å². The van der Waals surface area contributed by atoms with Crippen LogP contribution in [0.15, 0.2) is 78.4 Å². The number of hydrogen-bond acceptors (Lipinski definition) is 4. The van der Waals surface area contributed by atoms with Crippen molar-refractivity contribution in [2.75, 3.05) is 19.7 Å². The van der Waals surface area contributed by atoms with E-state index < -0.39 is 8.32 Å². The second-order valence-electron chi connectivity index (χ2n) is 14.2. The van der Waals surface area contributed by atoms with Crippen LogP contribution in [0.1, 0.15) is 76.8 Å². The molecule has 1 saturated heterocycles. The second-order valence-corrected chi connectivity index (χ2v) is 19.1. The van der Waals surface area contributed by atoms with Gasteiger partial charge in [-0.15, -0.1) is 0 Å². The molecule has 4 rings (SSSR count). The molecule has 1 N–H and O–H groups in total. The summed E-state index contributed by atoms with van der Waals surface area (Å²) in [6, 6.07) is 18.2. The molecule has 0 radical (unpaired) electrons. The van der Waals surface area contributed by atoms with Crippen LogP contribution in [-0.4, -0.2) is 50.8 Å². The number of carbonyl (C=O) groups is 2. The summed E-state index contributed by atoms with van der Waals surface area (Å²) in [6.45, 7) is 13.7. The molecule has 1 heterocycles. The van der Waals surface area contributed by atoms with E-state index in [1.807, 2.05) is 35.2 Å². The molecular weight excluding hydrogens is 577 g/mol. The minimum Gasteiger partial charge on any atom is -0.489 e. The largest absolute Gasteiger partial charge is 0.489 e. The fourth-order valence-electron chi connectivity index (χ4n) is 5.62. The number of carbonyl (C=O) groups excluding carboxylic acids is 2. The first-order valence-corrected chi connectivity index (χ1v) is 19.7. The lowest BCUT2D eigenvalue weighted by molar-refractivity contribution is -0.132. The summed E-state index contributed by atoms with van der Waals surface area (Å²) in [5.74, 6) is 1.43.